The summed E-state index contributed by atoms with van der Waals surface area (Å²) in [6.45, 7) is 1.43. The Balaban J connectivity index is 1.95. The molecule has 1 amide bonds. The summed E-state index contributed by atoms with van der Waals surface area (Å²) in [5.41, 5.74) is 6.99. The minimum atomic E-state index is -0.214. The molecule has 0 saturated heterocycles. The highest BCUT2D eigenvalue weighted by Gasteiger charge is 2.13. The van der Waals surface area contributed by atoms with E-state index in [2.05, 4.69) is 5.32 Å². The first-order valence-electron chi connectivity index (χ1n) is 7.79. The predicted molar refractivity (Wildman–Crippen MR) is 98.2 cm³/mol. The number of nitrogens with two attached hydrogens (primary N) is 1. The topological polar surface area (TPSA) is 73.6 Å². The number of carbonyl (C=O) groups excluding carboxylic acids is 1. The van der Waals surface area contributed by atoms with E-state index in [4.69, 9.17) is 15.2 Å². The van der Waals surface area contributed by atoms with E-state index in [1.54, 1.807) is 12.1 Å². The van der Waals surface area contributed by atoms with Crippen molar-refractivity contribution in [2.45, 2.75) is 6.92 Å². The Kier molecular flexibility index (Phi) is 4.85. The normalized spacial score (nSPS) is 10.1. The van der Waals surface area contributed by atoms with Gasteiger partial charge in [0.25, 0.3) is 0 Å². The van der Waals surface area contributed by atoms with Crippen LogP contribution in [0.3, 0.4) is 0 Å². The summed E-state index contributed by atoms with van der Waals surface area (Å²) in [4.78, 5) is 11.5. The zero-order valence-electron chi connectivity index (χ0n) is 13.7. The summed E-state index contributed by atoms with van der Waals surface area (Å²) >= 11 is 0. The second kappa shape index (κ2) is 7.40. The van der Waals surface area contributed by atoms with Crippen LogP contribution in [0.15, 0.2) is 72.8 Å². The number of nitrogen functional groups attached to an aromatic ring is 1. The first-order chi connectivity index (χ1) is 12.1. The van der Waals surface area contributed by atoms with Gasteiger partial charge >= 0.3 is 0 Å². The number of carbonyl (C=O) groups is 1. The lowest BCUT2D eigenvalue weighted by Gasteiger charge is -2.16. The number of para-hydroxylation sites is 2. The van der Waals surface area contributed by atoms with E-state index in [0.29, 0.717) is 34.4 Å². The van der Waals surface area contributed by atoms with Crippen LogP contribution in [0.2, 0.25) is 0 Å². The molecule has 0 aromatic heterocycles. The van der Waals surface area contributed by atoms with Gasteiger partial charge in [-0.2, -0.15) is 0 Å². The number of hydrogen-bond acceptors (Lipinski definition) is 4. The Labute approximate surface area is 146 Å². The van der Waals surface area contributed by atoms with Crippen LogP contribution in [0.25, 0.3) is 0 Å². The van der Waals surface area contributed by atoms with Crippen LogP contribution in [0, 0.1) is 0 Å². The van der Waals surface area contributed by atoms with Gasteiger partial charge in [0, 0.05) is 19.1 Å². The molecule has 0 aliphatic heterocycles. The molecule has 0 bridgehead atoms. The third kappa shape index (κ3) is 4.29. The molecule has 0 unspecified atom stereocenters. The fraction of sp³-hybridized carbons (Fsp3) is 0.0500. The molecule has 0 aliphatic rings. The molecule has 3 N–H and O–H groups in total. The number of hydrogen-bond donors (Lipinski definition) is 2. The highest BCUT2D eigenvalue weighted by atomic mass is 16.5. The van der Waals surface area contributed by atoms with Crippen molar-refractivity contribution in [3.05, 3.63) is 72.8 Å². The maximum Gasteiger partial charge on any atom is 0.221 e. The van der Waals surface area contributed by atoms with Gasteiger partial charge in [-0.15, -0.1) is 0 Å². The van der Waals surface area contributed by atoms with Crippen LogP contribution in [-0.2, 0) is 4.79 Å². The molecule has 0 heterocycles. The van der Waals surface area contributed by atoms with Gasteiger partial charge in [-0.3, -0.25) is 4.79 Å². The van der Waals surface area contributed by atoms with E-state index in [0.717, 1.165) is 0 Å². The summed E-state index contributed by atoms with van der Waals surface area (Å²) in [5.74, 6) is 1.97. The largest absolute Gasteiger partial charge is 0.455 e. The number of amides is 1. The van der Waals surface area contributed by atoms with E-state index in [9.17, 15) is 4.79 Å². The molecular formula is C20H18N2O3. The Morgan fingerprint density at radius 3 is 1.88 bits per heavy atom. The second-order valence-corrected chi connectivity index (χ2v) is 5.40. The highest BCUT2D eigenvalue weighted by Crippen LogP contribution is 2.39. The summed E-state index contributed by atoms with van der Waals surface area (Å²) in [6, 6.07) is 21.8. The van der Waals surface area contributed by atoms with Crippen LogP contribution < -0.4 is 20.5 Å². The number of ether oxygens (including phenoxy) is 2. The molecule has 3 aromatic carbocycles. The molecule has 5 heteroatoms. The van der Waals surface area contributed by atoms with Gasteiger partial charge in [0.1, 0.15) is 11.5 Å². The first kappa shape index (κ1) is 16.4. The van der Waals surface area contributed by atoms with Gasteiger partial charge in [0.15, 0.2) is 11.5 Å². The number of rotatable bonds is 5. The van der Waals surface area contributed by atoms with E-state index >= 15 is 0 Å². The van der Waals surface area contributed by atoms with Crippen molar-refractivity contribution < 1.29 is 14.3 Å². The Bertz CT molecular complexity index is 865. The number of anilines is 2. The quantitative estimate of drug-likeness (QED) is 0.657. The minimum Gasteiger partial charge on any atom is -0.455 e. The summed E-state index contributed by atoms with van der Waals surface area (Å²) in [6.07, 6.45) is 0. The van der Waals surface area contributed by atoms with Crippen molar-refractivity contribution in [3.8, 4) is 23.0 Å². The summed E-state index contributed by atoms with van der Waals surface area (Å²) in [7, 11) is 0. The lowest BCUT2D eigenvalue weighted by Crippen LogP contribution is -2.08. The van der Waals surface area contributed by atoms with Crippen molar-refractivity contribution in [1.29, 1.82) is 0 Å². The highest BCUT2D eigenvalue weighted by molar-refractivity contribution is 5.91. The molecule has 0 atom stereocenters. The first-order valence-corrected chi connectivity index (χ1v) is 7.79. The Morgan fingerprint density at radius 2 is 1.36 bits per heavy atom. The Morgan fingerprint density at radius 1 is 0.840 bits per heavy atom. The third-order valence-electron chi connectivity index (χ3n) is 3.36. The van der Waals surface area contributed by atoms with Gasteiger partial charge in [-0.25, -0.2) is 0 Å². The zero-order valence-corrected chi connectivity index (χ0v) is 13.7. The molecule has 0 radical (unpaired) electrons. The van der Waals surface area contributed by atoms with Crippen LogP contribution >= 0.6 is 0 Å². The molecule has 25 heavy (non-hydrogen) atoms. The van der Waals surface area contributed by atoms with Crippen molar-refractivity contribution in [3.63, 3.8) is 0 Å². The average molecular weight is 334 g/mol. The molecule has 0 spiro atoms. The molecule has 5 nitrogen and oxygen atoms in total. The molecule has 0 saturated carbocycles. The molecule has 0 aliphatic carbocycles. The van der Waals surface area contributed by atoms with Crippen LogP contribution in [0.1, 0.15) is 6.92 Å². The van der Waals surface area contributed by atoms with Crippen LogP contribution in [0.4, 0.5) is 11.4 Å². The monoisotopic (exact) mass is 334 g/mol. The lowest BCUT2D eigenvalue weighted by atomic mass is 10.2. The molecule has 126 valence electrons. The van der Waals surface area contributed by atoms with Crippen molar-refractivity contribution in [2.24, 2.45) is 0 Å². The average Bonchev–Trinajstić information content (AvgIpc) is 2.60. The standard InChI is InChI=1S/C20H18N2O3/c1-14(23)22-18-13-19(24-15-8-4-2-5-9-15)17(21)12-20(18)25-16-10-6-3-7-11-16/h2-13H,21H2,1H3,(H,22,23). The number of benzene rings is 3. The summed E-state index contributed by atoms with van der Waals surface area (Å²) < 4.78 is 11.7. The maximum absolute atomic E-state index is 11.5. The fourth-order valence-corrected chi connectivity index (χ4v) is 2.27. The van der Waals surface area contributed by atoms with Crippen LogP contribution in [0.5, 0.6) is 23.0 Å². The van der Waals surface area contributed by atoms with E-state index in [-0.39, 0.29) is 5.91 Å². The molecule has 3 rings (SSSR count). The van der Waals surface area contributed by atoms with E-state index in [1.807, 2.05) is 60.7 Å². The molecular weight excluding hydrogens is 316 g/mol. The van der Waals surface area contributed by atoms with E-state index < -0.39 is 0 Å². The maximum atomic E-state index is 11.5. The van der Waals surface area contributed by atoms with Crippen molar-refractivity contribution >= 4 is 17.3 Å². The van der Waals surface area contributed by atoms with Crippen LogP contribution in [-0.4, -0.2) is 5.91 Å². The van der Waals surface area contributed by atoms with Gasteiger partial charge in [0.05, 0.1) is 11.4 Å². The smallest absolute Gasteiger partial charge is 0.221 e. The SMILES string of the molecule is CC(=O)Nc1cc(Oc2ccccc2)c(N)cc1Oc1ccccc1. The van der Waals surface area contributed by atoms with Gasteiger partial charge in [0.2, 0.25) is 5.91 Å². The predicted octanol–water partition coefficient (Wildman–Crippen LogP) is 4.81. The third-order valence-corrected chi connectivity index (χ3v) is 3.36. The second-order valence-electron chi connectivity index (χ2n) is 5.40. The molecule has 3 aromatic rings. The van der Waals surface area contributed by atoms with Gasteiger partial charge < -0.3 is 20.5 Å². The van der Waals surface area contributed by atoms with Gasteiger partial charge in [-0.1, -0.05) is 36.4 Å². The minimum absolute atomic E-state index is 0.214. The lowest BCUT2D eigenvalue weighted by molar-refractivity contribution is -0.114. The zero-order chi connectivity index (χ0) is 17.6. The van der Waals surface area contributed by atoms with Crippen molar-refractivity contribution in [2.75, 3.05) is 11.1 Å². The fourth-order valence-electron chi connectivity index (χ4n) is 2.27. The summed E-state index contributed by atoms with van der Waals surface area (Å²) in [5, 5.41) is 2.75. The Hall–Kier alpha value is -3.47. The van der Waals surface area contributed by atoms with Crippen molar-refractivity contribution in [1.82, 2.24) is 0 Å². The van der Waals surface area contributed by atoms with Gasteiger partial charge in [-0.05, 0) is 24.3 Å². The number of nitrogens with one attached hydrogen (secondary N) is 1. The molecule has 0 fully saturated rings. The van der Waals surface area contributed by atoms with E-state index in [1.165, 1.54) is 6.92 Å².